The van der Waals surface area contributed by atoms with Gasteiger partial charge in [0, 0.05) is 40.6 Å². The van der Waals surface area contributed by atoms with Gasteiger partial charge in [-0.05, 0) is 44.0 Å². The molecule has 4 rings (SSSR count). The van der Waals surface area contributed by atoms with Crippen molar-refractivity contribution in [3.63, 3.8) is 0 Å². The summed E-state index contributed by atoms with van der Waals surface area (Å²) in [6, 6.07) is 14.8. The summed E-state index contributed by atoms with van der Waals surface area (Å²) in [4.78, 5) is 13.8. The van der Waals surface area contributed by atoms with Crippen molar-refractivity contribution in [3.05, 3.63) is 42.5 Å². The van der Waals surface area contributed by atoms with E-state index in [9.17, 15) is 4.79 Å². The number of rotatable bonds is 3. The second kappa shape index (κ2) is 5.30. The molecule has 1 aliphatic heterocycles. The predicted molar refractivity (Wildman–Crippen MR) is 94.7 cm³/mol. The van der Waals surface area contributed by atoms with E-state index in [0.717, 1.165) is 31.6 Å². The molecule has 4 heteroatoms. The van der Waals surface area contributed by atoms with Crippen molar-refractivity contribution >= 4 is 33.4 Å². The van der Waals surface area contributed by atoms with Gasteiger partial charge in [-0.25, -0.2) is 0 Å². The van der Waals surface area contributed by atoms with Gasteiger partial charge in [-0.2, -0.15) is 0 Å². The zero-order valence-electron chi connectivity index (χ0n) is 13.3. The lowest BCUT2D eigenvalue weighted by molar-refractivity contribution is -0.119. The number of hydrogen-bond acceptors (Lipinski definition) is 2. The summed E-state index contributed by atoms with van der Waals surface area (Å²) in [5.41, 5.74) is 9.17. The highest BCUT2D eigenvalue weighted by atomic mass is 16.1. The number of para-hydroxylation sites is 1. The van der Waals surface area contributed by atoms with Gasteiger partial charge in [0.2, 0.25) is 5.91 Å². The first kappa shape index (κ1) is 14.1. The Morgan fingerprint density at radius 2 is 1.96 bits per heavy atom. The monoisotopic (exact) mass is 307 g/mol. The van der Waals surface area contributed by atoms with Crippen LogP contribution in [0.5, 0.6) is 0 Å². The van der Waals surface area contributed by atoms with E-state index in [1.165, 1.54) is 21.8 Å². The van der Waals surface area contributed by atoms with Crippen LogP contribution in [-0.2, 0) is 11.3 Å². The van der Waals surface area contributed by atoms with Crippen LogP contribution in [0.25, 0.3) is 21.8 Å². The highest BCUT2D eigenvalue weighted by molar-refractivity contribution is 6.09. The first-order valence-corrected chi connectivity index (χ1v) is 8.27. The molecule has 2 N–H and O–H groups in total. The summed E-state index contributed by atoms with van der Waals surface area (Å²) in [7, 11) is 0. The van der Waals surface area contributed by atoms with Gasteiger partial charge in [0.1, 0.15) is 6.04 Å². The van der Waals surface area contributed by atoms with Gasteiger partial charge in [-0.1, -0.05) is 18.2 Å². The maximum Gasteiger partial charge on any atom is 0.240 e. The van der Waals surface area contributed by atoms with Crippen LogP contribution in [0, 0.1) is 0 Å². The molecule has 2 aromatic carbocycles. The van der Waals surface area contributed by atoms with E-state index in [0.29, 0.717) is 0 Å². The van der Waals surface area contributed by atoms with Crippen molar-refractivity contribution in [1.82, 2.24) is 4.57 Å². The highest BCUT2D eigenvalue weighted by Gasteiger charge is 2.29. The Morgan fingerprint density at radius 1 is 1.17 bits per heavy atom. The van der Waals surface area contributed by atoms with Crippen LogP contribution in [0.2, 0.25) is 0 Å². The first-order valence-electron chi connectivity index (χ1n) is 8.27. The van der Waals surface area contributed by atoms with Crippen LogP contribution in [-0.4, -0.2) is 23.1 Å². The van der Waals surface area contributed by atoms with Gasteiger partial charge >= 0.3 is 0 Å². The van der Waals surface area contributed by atoms with Crippen molar-refractivity contribution in [3.8, 4) is 0 Å². The Balaban J connectivity index is 1.91. The minimum Gasteiger partial charge on any atom is -0.368 e. The van der Waals surface area contributed by atoms with Gasteiger partial charge in [0.15, 0.2) is 0 Å². The normalized spacial score (nSPS) is 18.1. The number of carbonyl (C=O) groups excluding carboxylic acids is 1. The van der Waals surface area contributed by atoms with Gasteiger partial charge in [0.05, 0.1) is 0 Å². The molecule has 4 nitrogen and oxygen atoms in total. The molecule has 118 valence electrons. The van der Waals surface area contributed by atoms with Gasteiger partial charge < -0.3 is 15.2 Å². The number of primary amides is 1. The Kier molecular flexibility index (Phi) is 3.26. The molecule has 0 spiro atoms. The van der Waals surface area contributed by atoms with Gasteiger partial charge in [0.25, 0.3) is 0 Å². The molecule has 0 radical (unpaired) electrons. The van der Waals surface area contributed by atoms with E-state index < -0.39 is 0 Å². The molecular weight excluding hydrogens is 286 g/mol. The number of fused-ring (bicyclic) bond motifs is 3. The average Bonchev–Trinajstić information content (AvgIpc) is 3.17. The molecule has 1 fully saturated rings. The summed E-state index contributed by atoms with van der Waals surface area (Å²) in [5, 5.41) is 2.51. The first-order chi connectivity index (χ1) is 11.2. The third kappa shape index (κ3) is 2.09. The SMILES string of the molecule is CCn1c2ccccc2c2cc(N3CCCC3C(N)=O)ccc21. The van der Waals surface area contributed by atoms with Crippen LogP contribution >= 0.6 is 0 Å². The lowest BCUT2D eigenvalue weighted by Gasteiger charge is -2.24. The summed E-state index contributed by atoms with van der Waals surface area (Å²) >= 11 is 0. The molecule has 1 atom stereocenters. The quantitative estimate of drug-likeness (QED) is 0.807. The Hall–Kier alpha value is -2.49. The Morgan fingerprint density at radius 3 is 2.74 bits per heavy atom. The second-order valence-corrected chi connectivity index (χ2v) is 6.22. The zero-order valence-corrected chi connectivity index (χ0v) is 13.3. The molecule has 1 aromatic heterocycles. The van der Waals surface area contributed by atoms with E-state index in [1.807, 2.05) is 0 Å². The molecule has 3 aromatic rings. The van der Waals surface area contributed by atoms with Crippen LogP contribution in [0.15, 0.2) is 42.5 Å². The number of aryl methyl sites for hydroxylation is 1. The summed E-state index contributed by atoms with van der Waals surface area (Å²) in [6.07, 6.45) is 1.87. The van der Waals surface area contributed by atoms with Crippen molar-refractivity contribution in [2.75, 3.05) is 11.4 Å². The zero-order chi connectivity index (χ0) is 16.0. The number of nitrogens with zero attached hydrogens (tertiary/aromatic N) is 2. The minimum absolute atomic E-state index is 0.174. The van der Waals surface area contributed by atoms with Crippen LogP contribution in [0.1, 0.15) is 19.8 Å². The maximum absolute atomic E-state index is 11.7. The molecule has 1 amide bonds. The Labute approximate surface area is 135 Å². The lowest BCUT2D eigenvalue weighted by Crippen LogP contribution is -2.40. The fourth-order valence-corrected chi connectivity index (χ4v) is 3.93. The average molecular weight is 307 g/mol. The third-order valence-corrected chi connectivity index (χ3v) is 4.99. The van der Waals surface area contributed by atoms with E-state index in [1.54, 1.807) is 0 Å². The van der Waals surface area contributed by atoms with Gasteiger partial charge in [-0.15, -0.1) is 0 Å². The van der Waals surface area contributed by atoms with E-state index in [-0.39, 0.29) is 11.9 Å². The standard InChI is InChI=1S/C19H21N3O/c1-2-21-16-7-4-3-6-14(16)15-12-13(9-10-17(15)21)22-11-5-8-18(22)19(20)23/h3-4,6-7,9-10,12,18H,2,5,8,11H2,1H3,(H2,20,23). The maximum atomic E-state index is 11.7. The summed E-state index contributed by atoms with van der Waals surface area (Å²) in [5.74, 6) is -0.224. The third-order valence-electron chi connectivity index (χ3n) is 4.99. The van der Waals surface area contributed by atoms with E-state index in [4.69, 9.17) is 5.73 Å². The van der Waals surface area contributed by atoms with Crippen molar-refractivity contribution < 1.29 is 4.79 Å². The van der Waals surface area contributed by atoms with Crippen molar-refractivity contribution in [2.24, 2.45) is 5.73 Å². The van der Waals surface area contributed by atoms with E-state index >= 15 is 0 Å². The molecule has 0 aliphatic carbocycles. The van der Waals surface area contributed by atoms with Crippen LogP contribution in [0.3, 0.4) is 0 Å². The number of nitrogens with two attached hydrogens (primary N) is 1. The number of hydrogen-bond donors (Lipinski definition) is 1. The van der Waals surface area contributed by atoms with Crippen molar-refractivity contribution in [1.29, 1.82) is 0 Å². The molecule has 1 saturated heterocycles. The largest absolute Gasteiger partial charge is 0.368 e. The molecule has 1 unspecified atom stereocenters. The fourth-order valence-electron chi connectivity index (χ4n) is 3.93. The molecular formula is C19H21N3O. The van der Waals surface area contributed by atoms with Crippen LogP contribution < -0.4 is 10.6 Å². The lowest BCUT2D eigenvalue weighted by atomic mass is 10.1. The van der Waals surface area contributed by atoms with E-state index in [2.05, 4.69) is 58.9 Å². The Bertz CT molecular complexity index is 896. The summed E-state index contributed by atoms with van der Waals surface area (Å²) in [6.45, 7) is 4.01. The number of benzene rings is 2. The fraction of sp³-hybridized carbons (Fsp3) is 0.316. The number of anilines is 1. The minimum atomic E-state index is -0.224. The smallest absolute Gasteiger partial charge is 0.240 e. The van der Waals surface area contributed by atoms with Crippen LogP contribution in [0.4, 0.5) is 5.69 Å². The summed E-state index contributed by atoms with van der Waals surface area (Å²) < 4.78 is 2.34. The molecule has 2 heterocycles. The van der Waals surface area contributed by atoms with Gasteiger partial charge in [-0.3, -0.25) is 4.79 Å². The number of aromatic nitrogens is 1. The molecule has 1 aliphatic rings. The topological polar surface area (TPSA) is 51.3 Å². The van der Waals surface area contributed by atoms with Crippen molar-refractivity contribution in [2.45, 2.75) is 32.4 Å². The number of amides is 1. The highest BCUT2D eigenvalue weighted by Crippen LogP contribution is 2.34. The predicted octanol–water partition coefficient (Wildman–Crippen LogP) is 3.27. The molecule has 0 saturated carbocycles. The second-order valence-electron chi connectivity index (χ2n) is 6.22. The molecule has 23 heavy (non-hydrogen) atoms. The number of carbonyl (C=O) groups is 1. The molecule has 0 bridgehead atoms.